The number of ether oxygens (including phenoxy) is 1. The van der Waals surface area contributed by atoms with E-state index in [0.29, 0.717) is 6.42 Å². The first-order valence-corrected chi connectivity index (χ1v) is 12.2. The molecule has 0 amide bonds. The van der Waals surface area contributed by atoms with Gasteiger partial charge in [-0.05, 0) is 44.1 Å². The van der Waals surface area contributed by atoms with Gasteiger partial charge in [0.1, 0.15) is 0 Å². The number of nitrogens with zero attached hydrogens (tertiary/aromatic N) is 2. The molecule has 0 unspecified atom stereocenters. The van der Waals surface area contributed by atoms with Gasteiger partial charge in [0.25, 0.3) is 0 Å². The van der Waals surface area contributed by atoms with E-state index in [4.69, 9.17) is 4.74 Å². The standard InChI is InChI=1S/C30H36N2O2/c1-24(31(2)3)22-30(27-10-6-4-7-11-27,28-12-8-5-9-13-28)29(33)26-16-14-25(15-17-26)23-32-18-20-34-21-19-32/h4-17,24H,18-23H2,1-3H3/t24-/m0/s1. The topological polar surface area (TPSA) is 32.8 Å². The van der Waals surface area contributed by atoms with Crippen LogP contribution < -0.4 is 0 Å². The van der Waals surface area contributed by atoms with Crippen molar-refractivity contribution in [3.05, 3.63) is 107 Å². The zero-order chi connectivity index (χ0) is 24.0. The number of carbonyl (C=O) groups excluding carboxylic acids is 1. The van der Waals surface area contributed by atoms with Crippen LogP contribution in [0.5, 0.6) is 0 Å². The van der Waals surface area contributed by atoms with Crippen LogP contribution in [0.2, 0.25) is 0 Å². The molecule has 0 aromatic heterocycles. The second kappa shape index (κ2) is 11.1. The smallest absolute Gasteiger partial charge is 0.177 e. The molecule has 0 bridgehead atoms. The van der Waals surface area contributed by atoms with E-state index >= 15 is 0 Å². The van der Waals surface area contributed by atoms with Crippen molar-refractivity contribution in [1.29, 1.82) is 0 Å². The summed E-state index contributed by atoms with van der Waals surface area (Å²) in [5, 5.41) is 0. The second-order valence-electron chi connectivity index (χ2n) is 9.57. The first-order valence-electron chi connectivity index (χ1n) is 12.2. The molecule has 0 aliphatic carbocycles. The van der Waals surface area contributed by atoms with Crippen LogP contribution in [0, 0.1) is 0 Å². The van der Waals surface area contributed by atoms with Crippen LogP contribution in [0.1, 0.15) is 40.4 Å². The van der Waals surface area contributed by atoms with E-state index in [1.807, 2.05) is 48.5 Å². The minimum Gasteiger partial charge on any atom is -0.379 e. The molecule has 0 saturated carbocycles. The maximum atomic E-state index is 14.5. The number of hydrogen-bond donors (Lipinski definition) is 0. The fourth-order valence-corrected chi connectivity index (χ4v) is 4.85. The van der Waals surface area contributed by atoms with E-state index < -0.39 is 5.41 Å². The molecule has 1 heterocycles. The van der Waals surface area contributed by atoms with Crippen molar-refractivity contribution >= 4 is 5.78 Å². The van der Waals surface area contributed by atoms with Crippen molar-refractivity contribution in [3.8, 4) is 0 Å². The number of carbonyl (C=O) groups is 1. The van der Waals surface area contributed by atoms with Crippen LogP contribution >= 0.6 is 0 Å². The Bertz CT molecular complexity index is 1000. The molecule has 3 aromatic rings. The average Bonchev–Trinajstić information content (AvgIpc) is 2.89. The van der Waals surface area contributed by atoms with E-state index in [1.165, 1.54) is 5.56 Å². The third-order valence-corrected chi connectivity index (χ3v) is 7.13. The molecule has 178 valence electrons. The molecule has 1 aliphatic rings. The van der Waals surface area contributed by atoms with Crippen LogP contribution in [0.4, 0.5) is 0 Å². The van der Waals surface area contributed by atoms with Gasteiger partial charge in [-0.1, -0.05) is 84.9 Å². The summed E-state index contributed by atoms with van der Waals surface area (Å²) in [4.78, 5) is 19.1. The largest absolute Gasteiger partial charge is 0.379 e. The number of ketones is 1. The van der Waals surface area contributed by atoms with Crippen LogP contribution in [0.15, 0.2) is 84.9 Å². The van der Waals surface area contributed by atoms with Gasteiger partial charge in [-0.15, -0.1) is 0 Å². The summed E-state index contributed by atoms with van der Waals surface area (Å²) in [6, 6.07) is 29.0. The molecule has 4 heteroatoms. The van der Waals surface area contributed by atoms with E-state index in [0.717, 1.165) is 49.5 Å². The molecule has 0 spiro atoms. The Labute approximate surface area is 204 Å². The van der Waals surface area contributed by atoms with Crippen LogP contribution in [-0.4, -0.2) is 62.0 Å². The molecule has 0 N–H and O–H groups in total. The van der Waals surface area contributed by atoms with Crippen molar-refractivity contribution in [2.75, 3.05) is 40.4 Å². The molecular formula is C30H36N2O2. The summed E-state index contributed by atoms with van der Waals surface area (Å²) in [5.74, 6) is 0.150. The lowest BCUT2D eigenvalue weighted by Crippen LogP contribution is -2.43. The molecule has 0 radical (unpaired) electrons. The van der Waals surface area contributed by atoms with E-state index in [2.05, 4.69) is 67.2 Å². The average molecular weight is 457 g/mol. The summed E-state index contributed by atoms with van der Waals surface area (Å²) < 4.78 is 5.47. The van der Waals surface area contributed by atoms with E-state index in [1.54, 1.807) is 0 Å². The SMILES string of the molecule is C[C@@H](CC(C(=O)c1ccc(CN2CCOCC2)cc1)(c1ccccc1)c1ccccc1)N(C)C. The number of hydrogen-bond acceptors (Lipinski definition) is 4. The minimum atomic E-state index is -0.766. The number of Topliss-reactive ketones (excluding diaryl/α,β-unsaturated/α-hetero) is 1. The molecule has 4 nitrogen and oxygen atoms in total. The van der Waals surface area contributed by atoms with Gasteiger partial charge in [0.2, 0.25) is 0 Å². The van der Waals surface area contributed by atoms with Crippen molar-refractivity contribution in [2.45, 2.75) is 31.3 Å². The molecule has 1 atom stereocenters. The lowest BCUT2D eigenvalue weighted by molar-refractivity contribution is 0.0342. The van der Waals surface area contributed by atoms with E-state index in [9.17, 15) is 4.79 Å². The van der Waals surface area contributed by atoms with Crippen LogP contribution in [-0.2, 0) is 16.7 Å². The maximum absolute atomic E-state index is 14.5. The summed E-state index contributed by atoms with van der Waals surface area (Å²) >= 11 is 0. The fourth-order valence-electron chi connectivity index (χ4n) is 4.85. The predicted molar refractivity (Wildman–Crippen MR) is 138 cm³/mol. The highest BCUT2D eigenvalue weighted by molar-refractivity contribution is 6.06. The highest BCUT2D eigenvalue weighted by atomic mass is 16.5. The summed E-state index contributed by atoms with van der Waals surface area (Å²) in [7, 11) is 4.16. The van der Waals surface area contributed by atoms with Crippen molar-refractivity contribution < 1.29 is 9.53 Å². The van der Waals surface area contributed by atoms with Crippen molar-refractivity contribution in [3.63, 3.8) is 0 Å². The second-order valence-corrected chi connectivity index (χ2v) is 9.57. The first-order chi connectivity index (χ1) is 16.5. The van der Waals surface area contributed by atoms with Crippen LogP contribution in [0.3, 0.4) is 0 Å². The predicted octanol–water partition coefficient (Wildman–Crippen LogP) is 5.03. The molecule has 1 saturated heterocycles. The molecular weight excluding hydrogens is 420 g/mol. The van der Waals surface area contributed by atoms with Crippen molar-refractivity contribution in [2.24, 2.45) is 0 Å². The molecule has 1 aliphatic heterocycles. The van der Waals surface area contributed by atoms with Gasteiger partial charge in [0.15, 0.2) is 5.78 Å². The maximum Gasteiger partial charge on any atom is 0.177 e. The quantitative estimate of drug-likeness (QED) is 0.423. The molecule has 4 rings (SSSR count). The third-order valence-electron chi connectivity index (χ3n) is 7.13. The summed E-state index contributed by atoms with van der Waals surface area (Å²) in [6.45, 7) is 6.56. The first kappa shape index (κ1) is 24.3. The van der Waals surface area contributed by atoms with E-state index in [-0.39, 0.29) is 11.8 Å². The Balaban J connectivity index is 1.74. The molecule has 34 heavy (non-hydrogen) atoms. The number of benzene rings is 3. The lowest BCUT2D eigenvalue weighted by Gasteiger charge is -2.38. The minimum absolute atomic E-state index is 0.150. The Morgan fingerprint density at radius 3 is 1.91 bits per heavy atom. The van der Waals surface area contributed by atoms with Gasteiger partial charge in [0.05, 0.1) is 18.6 Å². The summed E-state index contributed by atoms with van der Waals surface area (Å²) in [5.41, 5.74) is 3.29. The Kier molecular flexibility index (Phi) is 7.94. The zero-order valence-electron chi connectivity index (χ0n) is 20.6. The lowest BCUT2D eigenvalue weighted by atomic mass is 9.66. The zero-order valence-corrected chi connectivity index (χ0v) is 20.6. The number of rotatable bonds is 9. The normalized spacial score (nSPS) is 15.9. The molecule has 3 aromatic carbocycles. The Hall–Kier alpha value is -2.79. The van der Waals surface area contributed by atoms with Gasteiger partial charge >= 0.3 is 0 Å². The van der Waals surface area contributed by atoms with Gasteiger partial charge in [-0.3, -0.25) is 9.69 Å². The number of morpholine rings is 1. The summed E-state index contributed by atoms with van der Waals surface area (Å²) in [6.07, 6.45) is 0.697. The Morgan fingerprint density at radius 2 is 1.41 bits per heavy atom. The highest BCUT2D eigenvalue weighted by Crippen LogP contribution is 2.40. The van der Waals surface area contributed by atoms with Crippen molar-refractivity contribution in [1.82, 2.24) is 9.80 Å². The highest BCUT2D eigenvalue weighted by Gasteiger charge is 2.43. The van der Waals surface area contributed by atoms with Crippen LogP contribution in [0.25, 0.3) is 0 Å². The van der Waals surface area contributed by atoms with Gasteiger partial charge in [0, 0.05) is 31.2 Å². The van der Waals surface area contributed by atoms with Gasteiger partial charge in [-0.25, -0.2) is 0 Å². The molecule has 1 fully saturated rings. The fraction of sp³-hybridized carbons (Fsp3) is 0.367. The van der Waals surface area contributed by atoms with Gasteiger partial charge in [-0.2, -0.15) is 0 Å². The Morgan fingerprint density at radius 1 is 0.882 bits per heavy atom. The van der Waals surface area contributed by atoms with Gasteiger partial charge < -0.3 is 9.64 Å². The third kappa shape index (κ3) is 5.30. The monoisotopic (exact) mass is 456 g/mol.